The number of allylic oxidation sites excluding steroid dienone is 1. The van der Waals surface area contributed by atoms with Crippen LogP contribution < -0.4 is 5.32 Å². The lowest BCUT2D eigenvalue weighted by Crippen LogP contribution is -2.69. The molecule has 4 aliphatic rings. The van der Waals surface area contributed by atoms with Crippen molar-refractivity contribution in [2.75, 3.05) is 52.4 Å². The molecule has 4 heteroatoms. The third-order valence-corrected chi connectivity index (χ3v) is 5.30. The van der Waals surface area contributed by atoms with Crippen LogP contribution in [0.15, 0.2) is 11.6 Å². The van der Waals surface area contributed by atoms with Gasteiger partial charge in [-0.3, -0.25) is 9.69 Å². The highest BCUT2D eigenvalue weighted by Gasteiger charge is 2.39. The summed E-state index contributed by atoms with van der Waals surface area (Å²) in [5.74, 6) is 0.261. The van der Waals surface area contributed by atoms with Gasteiger partial charge in [-0.1, -0.05) is 11.6 Å². The molecule has 112 valence electrons. The van der Waals surface area contributed by atoms with Gasteiger partial charge in [-0.25, -0.2) is 0 Å². The highest BCUT2D eigenvalue weighted by Crippen LogP contribution is 2.20. The van der Waals surface area contributed by atoms with E-state index in [0.29, 0.717) is 6.54 Å². The number of hydrogen-bond acceptors (Lipinski definition) is 2. The largest absolute Gasteiger partial charge is 0.351 e. The Balaban J connectivity index is 1.39. The average molecular weight is 278 g/mol. The van der Waals surface area contributed by atoms with Gasteiger partial charge in [-0.2, -0.15) is 0 Å². The summed E-state index contributed by atoms with van der Waals surface area (Å²) in [6.07, 6.45) is 8.58. The molecule has 2 bridgehead atoms. The number of nitrogens with one attached hydrogen (secondary N) is 1. The number of quaternary nitrogens is 1. The molecule has 1 amide bonds. The second kappa shape index (κ2) is 6.27. The molecule has 0 aromatic rings. The van der Waals surface area contributed by atoms with Crippen molar-refractivity contribution in [3.8, 4) is 0 Å². The predicted molar refractivity (Wildman–Crippen MR) is 80.3 cm³/mol. The number of fused-ring (bicyclic) bond motifs is 3. The Labute approximate surface area is 122 Å². The van der Waals surface area contributed by atoms with Crippen LogP contribution in [-0.2, 0) is 4.79 Å². The first-order chi connectivity index (χ1) is 9.76. The lowest BCUT2D eigenvalue weighted by Gasteiger charge is -2.50. The minimum absolute atomic E-state index is 0.261. The summed E-state index contributed by atoms with van der Waals surface area (Å²) in [6.45, 7) is 8.57. The molecule has 0 spiro atoms. The van der Waals surface area contributed by atoms with Crippen molar-refractivity contribution in [2.45, 2.75) is 32.1 Å². The quantitative estimate of drug-likeness (QED) is 0.604. The van der Waals surface area contributed by atoms with Gasteiger partial charge in [-0.15, -0.1) is 0 Å². The van der Waals surface area contributed by atoms with E-state index in [2.05, 4.69) is 16.3 Å². The molecule has 0 atom stereocenters. The lowest BCUT2D eigenvalue weighted by atomic mass is 9.97. The van der Waals surface area contributed by atoms with E-state index in [9.17, 15) is 4.79 Å². The van der Waals surface area contributed by atoms with Crippen molar-refractivity contribution >= 4 is 5.91 Å². The first kappa shape index (κ1) is 14.1. The van der Waals surface area contributed by atoms with Crippen LogP contribution in [0.2, 0.25) is 0 Å². The number of piperazine rings is 3. The Kier molecular flexibility index (Phi) is 4.41. The topological polar surface area (TPSA) is 32.3 Å². The molecule has 0 aromatic heterocycles. The van der Waals surface area contributed by atoms with E-state index < -0.39 is 0 Å². The second-order valence-corrected chi connectivity index (χ2v) is 6.72. The first-order valence-electron chi connectivity index (χ1n) is 8.28. The van der Waals surface area contributed by atoms with Gasteiger partial charge in [0.2, 0.25) is 0 Å². The van der Waals surface area contributed by atoms with Gasteiger partial charge in [0.1, 0.15) is 0 Å². The molecule has 1 aliphatic carbocycles. The first-order valence-corrected chi connectivity index (χ1v) is 8.28. The van der Waals surface area contributed by atoms with E-state index in [1.165, 1.54) is 65.0 Å². The molecule has 3 aliphatic heterocycles. The van der Waals surface area contributed by atoms with E-state index in [-0.39, 0.29) is 5.91 Å². The molecule has 3 heterocycles. The zero-order chi connectivity index (χ0) is 13.8. The Morgan fingerprint density at radius 2 is 1.95 bits per heavy atom. The number of amides is 1. The Bertz CT molecular complexity index is 369. The molecule has 4 rings (SSSR count). The fraction of sp³-hybridized carbons (Fsp3) is 0.812. The number of carbonyl (C=O) groups excluding carboxylic acids is 1. The van der Waals surface area contributed by atoms with Gasteiger partial charge in [0, 0.05) is 26.2 Å². The second-order valence-electron chi connectivity index (χ2n) is 6.72. The summed E-state index contributed by atoms with van der Waals surface area (Å²) in [5.41, 5.74) is 1.55. The van der Waals surface area contributed by atoms with Crippen LogP contribution in [0.1, 0.15) is 32.1 Å². The maximum Gasteiger partial charge on any atom is 0.275 e. The molecule has 3 saturated heterocycles. The number of hydrogen-bond donors (Lipinski definition) is 1. The molecule has 0 radical (unpaired) electrons. The molecule has 1 N–H and O–H groups in total. The third kappa shape index (κ3) is 3.41. The van der Waals surface area contributed by atoms with E-state index in [4.69, 9.17) is 0 Å². The fourth-order valence-corrected chi connectivity index (χ4v) is 3.82. The normalized spacial score (nSPS) is 32.8. The van der Waals surface area contributed by atoms with Crippen LogP contribution in [0.5, 0.6) is 0 Å². The number of nitrogens with zero attached hydrogens (tertiary/aromatic N) is 2. The van der Waals surface area contributed by atoms with Gasteiger partial charge in [0.25, 0.3) is 5.91 Å². The van der Waals surface area contributed by atoms with Crippen LogP contribution in [0.4, 0.5) is 0 Å². The lowest BCUT2D eigenvalue weighted by molar-refractivity contribution is -0.933. The summed E-state index contributed by atoms with van der Waals surface area (Å²) in [6, 6.07) is 0. The Morgan fingerprint density at radius 1 is 1.20 bits per heavy atom. The van der Waals surface area contributed by atoms with Crippen molar-refractivity contribution in [2.24, 2.45) is 0 Å². The fourth-order valence-electron chi connectivity index (χ4n) is 3.82. The molecular weight excluding hydrogens is 250 g/mol. The third-order valence-electron chi connectivity index (χ3n) is 5.30. The summed E-state index contributed by atoms with van der Waals surface area (Å²) in [4.78, 5) is 14.7. The van der Waals surface area contributed by atoms with E-state index in [1.54, 1.807) is 5.57 Å². The molecule has 20 heavy (non-hydrogen) atoms. The smallest absolute Gasteiger partial charge is 0.275 e. The highest BCUT2D eigenvalue weighted by molar-refractivity contribution is 5.77. The summed E-state index contributed by atoms with van der Waals surface area (Å²) < 4.78 is 1.03. The van der Waals surface area contributed by atoms with Crippen LogP contribution in [0.25, 0.3) is 0 Å². The minimum Gasteiger partial charge on any atom is -0.351 e. The van der Waals surface area contributed by atoms with Crippen LogP contribution >= 0.6 is 0 Å². The van der Waals surface area contributed by atoms with Crippen LogP contribution in [0.3, 0.4) is 0 Å². The van der Waals surface area contributed by atoms with E-state index in [1.807, 2.05) is 0 Å². The molecular formula is C16H28N3O+. The summed E-state index contributed by atoms with van der Waals surface area (Å²) in [7, 11) is 0. The predicted octanol–water partition coefficient (Wildman–Crippen LogP) is 1.14. The highest BCUT2D eigenvalue weighted by atomic mass is 16.2. The number of rotatable bonds is 5. The van der Waals surface area contributed by atoms with Gasteiger partial charge in [0.15, 0.2) is 6.54 Å². The van der Waals surface area contributed by atoms with Gasteiger partial charge < -0.3 is 9.80 Å². The van der Waals surface area contributed by atoms with Gasteiger partial charge in [-0.05, 0) is 32.1 Å². The van der Waals surface area contributed by atoms with Crippen LogP contribution in [0, 0.1) is 0 Å². The maximum atomic E-state index is 12.2. The van der Waals surface area contributed by atoms with Crippen molar-refractivity contribution in [1.82, 2.24) is 10.2 Å². The van der Waals surface area contributed by atoms with E-state index in [0.717, 1.165) is 17.4 Å². The molecule has 0 aromatic carbocycles. The maximum absolute atomic E-state index is 12.2. The molecule has 4 nitrogen and oxygen atoms in total. The standard InChI is InChI=1S/C16H27N3O/c20-16(17-7-6-15-4-2-1-3-5-15)14-19-11-8-18(9-12-19)10-13-19/h4H,1-3,5-14H2/p+1. The molecule has 3 fully saturated rings. The zero-order valence-electron chi connectivity index (χ0n) is 12.6. The van der Waals surface area contributed by atoms with Crippen molar-refractivity contribution in [1.29, 1.82) is 0 Å². The average Bonchev–Trinajstić information content (AvgIpc) is 2.50. The summed E-state index contributed by atoms with van der Waals surface area (Å²) >= 11 is 0. The Hall–Kier alpha value is -0.870. The molecule has 0 saturated carbocycles. The van der Waals surface area contributed by atoms with Crippen molar-refractivity contribution in [3.63, 3.8) is 0 Å². The van der Waals surface area contributed by atoms with Crippen molar-refractivity contribution < 1.29 is 9.28 Å². The molecule has 0 unspecified atom stereocenters. The SMILES string of the molecule is O=C(C[N+]12CCN(CC1)CC2)NCCC1=CCCCC1. The monoisotopic (exact) mass is 278 g/mol. The zero-order valence-corrected chi connectivity index (χ0v) is 12.6. The van der Waals surface area contributed by atoms with Gasteiger partial charge in [0.05, 0.1) is 19.6 Å². The summed E-state index contributed by atoms with van der Waals surface area (Å²) in [5, 5.41) is 3.14. The van der Waals surface area contributed by atoms with Gasteiger partial charge >= 0.3 is 0 Å². The van der Waals surface area contributed by atoms with Crippen LogP contribution in [-0.4, -0.2) is 67.6 Å². The minimum atomic E-state index is 0.261. The number of carbonyl (C=O) groups is 1. The van der Waals surface area contributed by atoms with Crippen molar-refractivity contribution in [3.05, 3.63) is 11.6 Å². The van der Waals surface area contributed by atoms with E-state index >= 15 is 0 Å². The Morgan fingerprint density at radius 3 is 2.60 bits per heavy atom.